The van der Waals surface area contributed by atoms with Gasteiger partial charge in [-0.3, -0.25) is 19.4 Å². The van der Waals surface area contributed by atoms with E-state index in [1.807, 2.05) is 9.80 Å². The van der Waals surface area contributed by atoms with Gasteiger partial charge < -0.3 is 9.80 Å². The van der Waals surface area contributed by atoms with Crippen LogP contribution >= 0.6 is 24.8 Å². The monoisotopic (exact) mass is 492 g/mol. The largest absolute Gasteiger partial charge is 0.343 e. The van der Waals surface area contributed by atoms with Gasteiger partial charge in [0.25, 0.3) is 0 Å². The van der Waals surface area contributed by atoms with Crippen LogP contribution in [0.1, 0.15) is 53.4 Å². The molecule has 0 spiro atoms. The second-order valence-corrected chi connectivity index (χ2v) is 8.69. The lowest BCUT2D eigenvalue weighted by Crippen LogP contribution is -2.45. The van der Waals surface area contributed by atoms with Crippen LogP contribution in [0.25, 0.3) is 0 Å². The lowest BCUT2D eigenvalue weighted by atomic mass is 9.96. The number of hydrogen-bond donors (Lipinski definition) is 0. The first kappa shape index (κ1) is 31.2. The van der Waals surface area contributed by atoms with E-state index in [0.717, 1.165) is 91.1 Å². The number of carbonyl (C=O) groups is 2. The van der Waals surface area contributed by atoms with E-state index >= 15 is 0 Å². The van der Waals surface area contributed by atoms with E-state index in [1.54, 1.807) is 0 Å². The highest BCUT2D eigenvalue weighted by molar-refractivity contribution is 5.85. The summed E-state index contributed by atoms with van der Waals surface area (Å²) in [5.74, 6) is 0.957. The first-order valence-electron chi connectivity index (χ1n) is 12.2. The molecule has 188 valence electrons. The Balaban J connectivity index is 0.00000480. The summed E-state index contributed by atoms with van der Waals surface area (Å²) in [6, 6.07) is 0. The fourth-order valence-corrected chi connectivity index (χ4v) is 4.88. The van der Waals surface area contributed by atoms with Crippen molar-refractivity contribution in [3.05, 3.63) is 12.2 Å². The van der Waals surface area contributed by atoms with Gasteiger partial charge in [-0.1, -0.05) is 12.2 Å². The molecule has 0 aliphatic carbocycles. The summed E-state index contributed by atoms with van der Waals surface area (Å²) >= 11 is 0. The molecule has 2 fully saturated rings. The molecule has 2 aliphatic heterocycles. The van der Waals surface area contributed by atoms with Crippen LogP contribution in [-0.2, 0) is 9.59 Å². The first-order chi connectivity index (χ1) is 14.5. The smallest absolute Gasteiger partial charge is 0.226 e. The van der Waals surface area contributed by atoms with Crippen molar-refractivity contribution in [2.24, 2.45) is 11.8 Å². The molecule has 2 atom stereocenters. The molecule has 0 radical (unpaired) electrons. The highest BCUT2D eigenvalue weighted by Crippen LogP contribution is 2.20. The number of carbonyl (C=O) groups excluding carboxylic acids is 2. The summed E-state index contributed by atoms with van der Waals surface area (Å²) in [5, 5.41) is 0. The van der Waals surface area contributed by atoms with Crippen LogP contribution in [0, 0.1) is 11.8 Å². The first-order valence-corrected chi connectivity index (χ1v) is 12.2. The van der Waals surface area contributed by atoms with Gasteiger partial charge in [0.1, 0.15) is 0 Å². The minimum Gasteiger partial charge on any atom is -0.343 e. The molecule has 2 unspecified atom stereocenters. The van der Waals surface area contributed by atoms with Gasteiger partial charge in [-0.25, -0.2) is 0 Å². The third-order valence-corrected chi connectivity index (χ3v) is 6.75. The number of halogens is 2. The predicted octanol–water partition coefficient (Wildman–Crippen LogP) is 3.55. The summed E-state index contributed by atoms with van der Waals surface area (Å²) in [5.41, 5.74) is 0. The number of hydrogen-bond acceptors (Lipinski definition) is 4. The minimum absolute atomic E-state index is 0. The van der Waals surface area contributed by atoms with E-state index < -0.39 is 0 Å². The van der Waals surface area contributed by atoms with Crippen LogP contribution in [0.5, 0.6) is 0 Å². The fourth-order valence-electron chi connectivity index (χ4n) is 4.88. The van der Waals surface area contributed by atoms with Crippen molar-refractivity contribution < 1.29 is 9.59 Å². The molecule has 0 aromatic rings. The molecule has 6 nitrogen and oxygen atoms in total. The number of likely N-dealkylation sites (tertiary alicyclic amines) is 2. The summed E-state index contributed by atoms with van der Waals surface area (Å²) < 4.78 is 0. The minimum atomic E-state index is 0. The van der Waals surface area contributed by atoms with Gasteiger partial charge in [-0.15, -0.1) is 24.8 Å². The average Bonchev–Trinajstić information content (AvgIpc) is 2.78. The van der Waals surface area contributed by atoms with Crippen molar-refractivity contribution in [3.8, 4) is 0 Å². The number of piperidine rings is 2. The second kappa shape index (κ2) is 16.7. The quantitative estimate of drug-likeness (QED) is 0.437. The Kier molecular flexibility index (Phi) is 16.3. The van der Waals surface area contributed by atoms with Gasteiger partial charge in [0.15, 0.2) is 0 Å². The second-order valence-electron chi connectivity index (χ2n) is 8.69. The molecule has 2 saturated heterocycles. The van der Waals surface area contributed by atoms with Crippen molar-refractivity contribution in [3.63, 3.8) is 0 Å². The van der Waals surface area contributed by atoms with Crippen LogP contribution in [0.4, 0.5) is 0 Å². The van der Waals surface area contributed by atoms with E-state index in [9.17, 15) is 9.59 Å². The van der Waals surface area contributed by atoms with Crippen molar-refractivity contribution in [2.45, 2.75) is 53.4 Å². The van der Waals surface area contributed by atoms with Crippen LogP contribution in [0.15, 0.2) is 12.2 Å². The number of amides is 2. The lowest BCUT2D eigenvalue weighted by molar-refractivity contribution is -0.137. The summed E-state index contributed by atoms with van der Waals surface area (Å²) in [6.45, 7) is 17.2. The Morgan fingerprint density at radius 3 is 1.38 bits per heavy atom. The molecule has 0 aromatic carbocycles. The van der Waals surface area contributed by atoms with Gasteiger partial charge in [0, 0.05) is 52.4 Å². The zero-order valence-corrected chi connectivity index (χ0v) is 22.3. The van der Waals surface area contributed by atoms with E-state index in [1.165, 1.54) is 0 Å². The van der Waals surface area contributed by atoms with Crippen molar-refractivity contribution in [1.82, 2.24) is 19.6 Å². The van der Waals surface area contributed by atoms with E-state index in [-0.39, 0.29) is 36.6 Å². The summed E-state index contributed by atoms with van der Waals surface area (Å²) in [4.78, 5) is 34.1. The zero-order valence-electron chi connectivity index (χ0n) is 20.6. The van der Waals surface area contributed by atoms with Crippen LogP contribution in [-0.4, -0.2) is 96.9 Å². The predicted molar refractivity (Wildman–Crippen MR) is 138 cm³/mol. The average molecular weight is 494 g/mol. The lowest BCUT2D eigenvalue weighted by Gasteiger charge is -2.34. The van der Waals surface area contributed by atoms with Crippen LogP contribution in [0.2, 0.25) is 0 Å². The molecule has 0 saturated carbocycles. The molecule has 0 aromatic heterocycles. The normalized spacial score (nSPS) is 22.1. The molecule has 2 aliphatic rings. The Labute approximate surface area is 208 Å². The SMILES string of the molecule is CCN(CC)C(=O)C1CCCN(C/C=C/CN2CCCC(C(=O)N(CC)CC)C2)C1.Cl.Cl. The van der Waals surface area contributed by atoms with Gasteiger partial charge in [-0.2, -0.15) is 0 Å². The highest BCUT2D eigenvalue weighted by atomic mass is 35.5. The van der Waals surface area contributed by atoms with Crippen molar-refractivity contribution in [1.29, 1.82) is 0 Å². The van der Waals surface area contributed by atoms with Crippen molar-refractivity contribution in [2.75, 3.05) is 65.4 Å². The molecule has 0 bridgehead atoms. The number of nitrogens with zero attached hydrogens (tertiary/aromatic N) is 4. The molecule has 8 heteroatoms. The topological polar surface area (TPSA) is 47.1 Å². The van der Waals surface area contributed by atoms with E-state index in [2.05, 4.69) is 49.6 Å². The summed E-state index contributed by atoms with van der Waals surface area (Å²) in [7, 11) is 0. The fraction of sp³-hybridized carbons (Fsp3) is 0.833. The number of rotatable bonds is 10. The van der Waals surface area contributed by atoms with Gasteiger partial charge in [0.05, 0.1) is 11.8 Å². The highest BCUT2D eigenvalue weighted by Gasteiger charge is 2.29. The Bertz CT molecular complexity index is 520. The van der Waals surface area contributed by atoms with Gasteiger partial charge in [0.2, 0.25) is 11.8 Å². The third-order valence-electron chi connectivity index (χ3n) is 6.75. The Morgan fingerprint density at radius 2 is 1.06 bits per heavy atom. The Hall–Kier alpha value is -0.820. The molecule has 2 rings (SSSR count). The zero-order chi connectivity index (χ0) is 21.9. The standard InChI is InChI=1S/C24H44N4O2.2ClH/c1-5-27(6-2)23(29)21-13-11-17-25(19-21)15-9-10-16-26-18-12-14-22(20-26)24(30)28(7-3)8-4;;/h9-10,21-22H,5-8,11-20H2,1-4H3;2*1H/b10-9+;;. The molecule has 0 N–H and O–H groups in total. The van der Waals surface area contributed by atoms with Crippen molar-refractivity contribution >= 4 is 36.6 Å². The van der Waals surface area contributed by atoms with Crippen LogP contribution in [0.3, 0.4) is 0 Å². The molecule has 32 heavy (non-hydrogen) atoms. The Morgan fingerprint density at radius 1 is 0.719 bits per heavy atom. The molecular weight excluding hydrogens is 447 g/mol. The van der Waals surface area contributed by atoms with Gasteiger partial charge >= 0.3 is 0 Å². The third kappa shape index (κ3) is 9.20. The molecule has 2 heterocycles. The van der Waals surface area contributed by atoms with Gasteiger partial charge in [-0.05, 0) is 66.5 Å². The molecular formula is C24H46Cl2N4O2. The van der Waals surface area contributed by atoms with Crippen LogP contribution < -0.4 is 0 Å². The maximum atomic E-state index is 12.7. The molecule has 2 amide bonds. The summed E-state index contributed by atoms with van der Waals surface area (Å²) in [6.07, 6.45) is 8.75. The maximum Gasteiger partial charge on any atom is 0.226 e. The van der Waals surface area contributed by atoms with E-state index in [0.29, 0.717) is 11.8 Å². The maximum absolute atomic E-state index is 12.7. The van der Waals surface area contributed by atoms with E-state index in [4.69, 9.17) is 0 Å².